The first-order valence-electron chi connectivity index (χ1n) is 8.00. The van der Waals surface area contributed by atoms with Crippen LogP contribution in [0.3, 0.4) is 0 Å². The van der Waals surface area contributed by atoms with Gasteiger partial charge in [-0.2, -0.15) is 5.10 Å². The second-order valence-corrected chi connectivity index (χ2v) is 6.24. The van der Waals surface area contributed by atoms with Crippen molar-refractivity contribution in [3.05, 3.63) is 40.3 Å². The van der Waals surface area contributed by atoms with Crippen LogP contribution in [0.2, 0.25) is 0 Å². The van der Waals surface area contributed by atoms with Crippen LogP contribution in [0.5, 0.6) is 0 Å². The topological polar surface area (TPSA) is 74.2 Å². The minimum Gasteiger partial charge on any atom is -0.395 e. The molecule has 4 rings (SSSR count). The first kappa shape index (κ1) is 17.0. The molecule has 1 atom stereocenters. The first-order valence-corrected chi connectivity index (χ1v) is 8.00. The molecule has 0 radical (unpaired) electrons. The van der Waals surface area contributed by atoms with Crippen molar-refractivity contribution in [3.8, 4) is 0 Å². The molecule has 0 bridgehead atoms. The molecule has 2 aromatic heterocycles. The number of halogens is 1. The highest BCUT2D eigenvalue weighted by Gasteiger charge is 2.26. The van der Waals surface area contributed by atoms with E-state index in [1.807, 2.05) is 31.3 Å². The van der Waals surface area contributed by atoms with Gasteiger partial charge in [-0.15, -0.1) is 12.4 Å². The van der Waals surface area contributed by atoms with Crippen LogP contribution in [0.4, 0.5) is 0 Å². The van der Waals surface area contributed by atoms with Crippen molar-refractivity contribution in [2.75, 3.05) is 13.2 Å². The molecule has 3 heterocycles. The van der Waals surface area contributed by atoms with E-state index < -0.39 is 0 Å². The fraction of sp³-hybridized carbons (Fsp3) is 0.412. The molecule has 0 aliphatic carbocycles. The van der Waals surface area contributed by atoms with Crippen LogP contribution in [0, 0.1) is 0 Å². The lowest BCUT2D eigenvalue weighted by molar-refractivity contribution is 0.152. The van der Waals surface area contributed by atoms with Crippen LogP contribution < -0.4 is 5.56 Å². The zero-order chi connectivity index (χ0) is 16.0. The maximum absolute atomic E-state index is 12.3. The maximum Gasteiger partial charge on any atom is 0.257 e. The van der Waals surface area contributed by atoms with Crippen molar-refractivity contribution in [1.29, 1.82) is 0 Å². The first-order chi connectivity index (χ1) is 11.2. The molecule has 2 N–H and O–H groups in total. The fourth-order valence-corrected chi connectivity index (χ4v) is 3.69. The van der Waals surface area contributed by atoms with Gasteiger partial charge < -0.3 is 10.1 Å². The number of aromatic nitrogens is 3. The summed E-state index contributed by atoms with van der Waals surface area (Å²) in [6.07, 6.45) is 2.13. The van der Waals surface area contributed by atoms with Gasteiger partial charge >= 0.3 is 0 Å². The van der Waals surface area contributed by atoms with Gasteiger partial charge in [0, 0.05) is 35.8 Å². The van der Waals surface area contributed by atoms with E-state index in [1.54, 1.807) is 4.68 Å². The molecule has 1 fully saturated rings. The largest absolute Gasteiger partial charge is 0.395 e. The van der Waals surface area contributed by atoms with Gasteiger partial charge in [0.05, 0.1) is 12.3 Å². The summed E-state index contributed by atoms with van der Waals surface area (Å²) in [4.78, 5) is 17.5. The summed E-state index contributed by atoms with van der Waals surface area (Å²) in [6, 6.07) is 7.86. The van der Waals surface area contributed by atoms with Gasteiger partial charge in [0.1, 0.15) is 5.65 Å². The molecule has 1 aromatic carbocycles. The lowest BCUT2D eigenvalue weighted by Gasteiger charge is -2.21. The fourth-order valence-electron chi connectivity index (χ4n) is 3.69. The number of pyridine rings is 1. The van der Waals surface area contributed by atoms with E-state index in [9.17, 15) is 9.90 Å². The van der Waals surface area contributed by atoms with E-state index in [0.717, 1.165) is 41.5 Å². The Kier molecular flexibility index (Phi) is 4.62. The summed E-state index contributed by atoms with van der Waals surface area (Å²) >= 11 is 0. The lowest BCUT2D eigenvalue weighted by Crippen LogP contribution is -2.31. The SMILES string of the molecule is Cl.Cn1nc(CN2CCC[C@H]2CO)c2c3ccccc3c(=O)[nH]c21. The van der Waals surface area contributed by atoms with E-state index in [2.05, 4.69) is 15.0 Å². The third-order valence-corrected chi connectivity index (χ3v) is 4.86. The third kappa shape index (κ3) is 2.60. The smallest absolute Gasteiger partial charge is 0.257 e. The number of benzene rings is 1. The number of hydrogen-bond donors (Lipinski definition) is 2. The molecule has 6 nitrogen and oxygen atoms in total. The predicted molar refractivity (Wildman–Crippen MR) is 96.6 cm³/mol. The molecule has 1 saturated heterocycles. The van der Waals surface area contributed by atoms with Gasteiger partial charge in [-0.05, 0) is 25.5 Å². The number of rotatable bonds is 3. The number of aliphatic hydroxyl groups excluding tert-OH is 1. The molecule has 7 heteroatoms. The zero-order valence-electron chi connectivity index (χ0n) is 13.5. The number of hydrogen-bond acceptors (Lipinski definition) is 4. The Morgan fingerprint density at radius 2 is 2.08 bits per heavy atom. The summed E-state index contributed by atoms with van der Waals surface area (Å²) < 4.78 is 1.74. The lowest BCUT2D eigenvalue weighted by atomic mass is 10.1. The molecule has 128 valence electrons. The predicted octanol–water partition coefficient (Wildman–Crippen LogP) is 1.79. The molecule has 0 spiro atoms. The van der Waals surface area contributed by atoms with E-state index >= 15 is 0 Å². The van der Waals surface area contributed by atoms with Crippen molar-refractivity contribution >= 4 is 34.2 Å². The van der Waals surface area contributed by atoms with Crippen LogP contribution in [-0.2, 0) is 13.6 Å². The minimum atomic E-state index is -0.0861. The number of fused-ring (bicyclic) bond motifs is 3. The molecular formula is C17H21ClN4O2. The number of H-pyrrole nitrogens is 1. The summed E-state index contributed by atoms with van der Waals surface area (Å²) in [7, 11) is 1.85. The second kappa shape index (κ2) is 6.55. The highest BCUT2D eigenvalue weighted by molar-refractivity contribution is 6.05. The highest BCUT2D eigenvalue weighted by atomic mass is 35.5. The van der Waals surface area contributed by atoms with E-state index in [0.29, 0.717) is 11.9 Å². The van der Waals surface area contributed by atoms with E-state index in [4.69, 9.17) is 0 Å². The number of likely N-dealkylation sites (tertiary alicyclic amines) is 1. The van der Waals surface area contributed by atoms with Crippen molar-refractivity contribution in [1.82, 2.24) is 19.7 Å². The number of aryl methyl sites for hydroxylation is 1. The molecule has 24 heavy (non-hydrogen) atoms. The number of aromatic amines is 1. The van der Waals surface area contributed by atoms with Gasteiger partial charge in [0.2, 0.25) is 0 Å². The molecular weight excluding hydrogens is 328 g/mol. The molecule has 3 aromatic rings. The third-order valence-electron chi connectivity index (χ3n) is 4.86. The molecule has 0 unspecified atom stereocenters. The highest BCUT2D eigenvalue weighted by Crippen LogP contribution is 2.27. The molecule has 1 aliphatic rings. The van der Waals surface area contributed by atoms with Gasteiger partial charge in [-0.1, -0.05) is 18.2 Å². The van der Waals surface area contributed by atoms with E-state index in [1.165, 1.54) is 0 Å². The molecule has 0 amide bonds. The Labute approximate surface area is 145 Å². The van der Waals surface area contributed by atoms with Crippen molar-refractivity contribution in [2.45, 2.75) is 25.4 Å². The Balaban J connectivity index is 0.00000169. The van der Waals surface area contributed by atoms with Gasteiger partial charge in [0.15, 0.2) is 0 Å². The second-order valence-electron chi connectivity index (χ2n) is 6.24. The Hall–Kier alpha value is -1.89. The number of nitrogens with one attached hydrogen (secondary N) is 1. The standard InChI is InChI=1S/C17H20N4O2.ClH/c1-20-16-15(12-6-2-3-7-13(12)17(23)18-16)14(19-20)9-21-8-4-5-11(21)10-22;/h2-3,6-7,11,22H,4-5,8-10H2,1H3,(H,18,23);1H/t11-;/m0./s1. The quantitative estimate of drug-likeness (QED) is 0.757. The molecule has 0 saturated carbocycles. The summed E-state index contributed by atoms with van der Waals surface area (Å²) in [6.45, 7) is 1.85. The van der Waals surface area contributed by atoms with Gasteiger partial charge in [0.25, 0.3) is 5.56 Å². The van der Waals surface area contributed by atoms with Crippen LogP contribution >= 0.6 is 12.4 Å². The van der Waals surface area contributed by atoms with Crippen molar-refractivity contribution in [2.24, 2.45) is 7.05 Å². The van der Waals surface area contributed by atoms with Crippen LogP contribution in [0.25, 0.3) is 21.8 Å². The normalized spacial score (nSPS) is 18.3. The summed E-state index contributed by atoms with van der Waals surface area (Å²) in [5.41, 5.74) is 1.62. The van der Waals surface area contributed by atoms with Crippen molar-refractivity contribution in [3.63, 3.8) is 0 Å². The van der Waals surface area contributed by atoms with Gasteiger partial charge in [-0.3, -0.25) is 14.4 Å². The van der Waals surface area contributed by atoms with Crippen LogP contribution in [-0.4, -0.2) is 44.0 Å². The molecule has 1 aliphatic heterocycles. The Morgan fingerprint density at radius 1 is 1.33 bits per heavy atom. The van der Waals surface area contributed by atoms with E-state index in [-0.39, 0.29) is 30.6 Å². The minimum absolute atomic E-state index is 0. The van der Waals surface area contributed by atoms with Crippen LogP contribution in [0.15, 0.2) is 29.1 Å². The van der Waals surface area contributed by atoms with Gasteiger partial charge in [-0.25, -0.2) is 0 Å². The number of aliphatic hydroxyl groups is 1. The Morgan fingerprint density at radius 3 is 2.83 bits per heavy atom. The summed E-state index contributed by atoms with van der Waals surface area (Å²) in [5.74, 6) is 0. The zero-order valence-corrected chi connectivity index (χ0v) is 14.3. The monoisotopic (exact) mass is 348 g/mol. The Bertz CT molecular complexity index is 933. The van der Waals surface area contributed by atoms with Crippen LogP contribution in [0.1, 0.15) is 18.5 Å². The maximum atomic E-state index is 12.3. The average molecular weight is 349 g/mol. The van der Waals surface area contributed by atoms with Crippen molar-refractivity contribution < 1.29 is 5.11 Å². The average Bonchev–Trinajstić information content (AvgIpc) is 3.13. The summed E-state index contributed by atoms with van der Waals surface area (Å²) in [5, 5.41) is 16.8. The number of nitrogens with zero attached hydrogens (tertiary/aromatic N) is 3.